The molecule has 0 aliphatic rings. The van der Waals surface area contributed by atoms with E-state index in [1.54, 1.807) is 36.4 Å². The van der Waals surface area contributed by atoms with E-state index < -0.39 is 15.6 Å². The number of rotatable bonds is 5. The van der Waals surface area contributed by atoms with Crippen molar-refractivity contribution in [3.05, 3.63) is 64.5 Å². The summed E-state index contributed by atoms with van der Waals surface area (Å²) in [7, 11) is -3.91. The first-order valence-electron chi connectivity index (χ1n) is 7.81. The van der Waals surface area contributed by atoms with Gasteiger partial charge in [0, 0.05) is 11.9 Å². The highest BCUT2D eigenvalue weighted by molar-refractivity contribution is 7.92. The molecule has 3 aromatic rings. The van der Waals surface area contributed by atoms with Crippen LogP contribution in [0.25, 0.3) is 11.0 Å². The van der Waals surface area contributed by atoms with E-state index in [2.05, 4.69) is 10.0 Å². The molecule has 0 bridgehead atoms. The maximum atomic E-state index is 12.6. The third-order valence-electron chi connectivity index (χ3n) is 3.73. The number of sulfonamides is 1. The van der Waals surface area contributed by atoms with Crippen LogP contribution in [0.4, 0.5) is 11.4 Å². The molecule has 0 atom stereocenters. The summed E-state index contributed by atoms with van der Waals surface area (Å²) in [6.07, 6.45) is 0. The standard InChI is InChI=1S/C18H18N2O4S/c1-3-19-16-14-6-4-5-7-15(14)24-18(21)17(16)20-25(22,23)13-10-8-12(2)9-11-13/h4-11,19-20H,3H2,1-2H3. The van der Waals surface area contributed by atoms with Crippen molar-refractivity contribution < 1.29 is 12.8 Å². The summed E-state index contributed by atoms with van der Waals surface area (Å²) in [4.78, 5) is 12.4. The molecule has 2 N–H and O–H groups in total. The third kappa shape index (κ3) is 3.36. The molecule has 0 unspecified atom stereocenters. The Morgan fingerprint density at radius 3 is 2.36 bits per heavy atom. The van der Waals surface area contributed by atoms with Crippen LogP contribution in [0.1, 0.15) is 12.5 Å². The minimum atomic E-state index is -3.91. The first-order chi connectivity index (χ1) is 11.9. The van der Waals surface area contributed by atoms with Crippen LogP contribution in [0.3, 0.4) is 0 Å². The summed E-state index contributed by atoms with van der Waals surface area (Å²) in [6, 6.07) is 13.3. The molecule has 1 aromatic heterocycles. The van der Waals surface area contributed by atoms with Crippen LogP contribution in [-0.4, -0.2) is 15.0 Å². The van der Waals surface area contributed by atoms with Crippen molar-refractivity contribution in [3.8, 4) is 0 Å². The van der Waals surface area contributed by atoms with Gasteiger partial charge in [-0.1, -0.05) is 29.8 Å². The quantitative estimate of drug-likeness (QED) is 0.683. The summed E-state index contributed by atoms with van der Waals surface area (Å²) in [6.45, 7) is 4.25. The van der Waals surface area contributed by atoms with Gasteiger partial charge in [-0.05, 0) is 38.1 Å². The molecule has 25 heavy (non-hydrogen) atoms. The van der Waals surface area contributed by atoms with Crippen LogP contribution in [0.15, 0.2) is 62.6 Å². The summed E-state index contributed by atoms with van der Waals surface area (Å²) in [5.74, 6) is 0. The molecule has 0 amide bonds. The van der Waals surface area contributed by atoms with Crippen molar-refractivity contribution >= 4 is 32.4 Å². The fourth-order valence-corrected chi connectivity index (χ4v) is 3.58. The number of benzene rings is 2. The van der Waals surface area contributed by atoms with E-state index >= 15 is 0 Å². The van der Waals surface area contributed by atoms with E-state index in [-0.39, 0.29) is 10.6 Å². The van der Waals surface area contributed by atoms with Crippen LogP contribution >= 0.6 is 0 Å². The van der Waals surface area contributed by atoms with Gasteiger partial charge in [-0.15, -0.1) is 0 Å². The molecule has 0 aliphatic heterocycles. The average molecular weight is 358 g/mol. The van der Waals surface area contributed by atoms with Crippen LogP contribution in [0.5, 0.6) is 0 Å². The number of para-hydroxylation sites is 1. The minimum absolute atomic E-state index is 0.0770. The van der Waals surface area contributed by atoms with E-state index in [0.29, 0.717) is 23.2 Å². The molecular formula is C18H18N2O4S. The summed E-state index contributed by atoms with van der Waals surface area (Å²) in [5, 5.41) is 3.69. The minimum Gasteiger partial charge on any atom is -0.421 e. The molecule has 0 radical (unpaired) electrons. The van der Waals surface area contributed by atoms with Crippen LogP contribution in [0, 0.1) is 6.92 Å². The zero-order valence-electron chi connectivity index (χ0n) is 13.9. The van der Waals surface area contributed by atoms with E-state index in [0.717, 1.165) is 5.56 Å². The summed E-state index contributed by atoms with van der Waals surface area (Å²) < 4.78 is 32.9. The molecule has 6 nitrogen and oxygen atoms in total. The van der Waals surface area contributed by atoms with Gasteiger partial charge in [0.2, 0.25) is 0 Å². The van der Waals surface area contributed by atoms with Crippen molar-refractivity contribution in [2.45, 2.75) is 18.7 Å². The number of nitrogens with one attached hydrogen (secondary N) is 2. The first kappa shape index (κ1) is 17.0. The molecule has 0 saturated carbocycles. The Kier molecular flexibility index (Phi) is 4.50. The van der Waals surface area contributed by atoms with E-state index in [9.17, 15) is 13.2 Å². The van der Waals surface area contributed by atoms with E-state index in [1.165, 1.54) is 12.1 Å². The fraction of sp³-hybridized carbons (Fsp3) is 0.167. The molecule has 7 heteroatoms. The van der Waals surface area contributed by atoms with Crippen LogP contribution in [-0.2, 0) is 10.0 Å². The molecule has 0 aliphatic carbocycles. The molecule has 2 aromatic carbocycles. The highest BCUT2D eigenvalue weighted by Crippen LogP contribution is 2.29. The number of aryl methyl sites for hydroxylation is 1. The van der Waals surface area contributed by atoms with Gasteiger partial charge in [0.25, 0.3) is 10.0 Å². The zero-order valence-corrected chi connectivity index (χ0v) is 14.7. The smallest absolute Gasteiger partial charge is 0.363 e. The van der Waals surface area contributed by atoms with Gasteiger partial charge in [0.1, 0.15) is 5.58 Å². The van der Waals surface area contributed by atoms with Gasteiger partial charge in [-0.25, -0.2) is 13.2 Å². The van der Waals surface area contributed by atoms with Crippen LogP contribution in [0.2, 0.25) is 0 Å². The van der Waals surface area contributed by atoms with Gasteiger partial charge in [-0.2, -0.15) is 0 Å². The molecule has 0 fully saturated rings. The number of anilines is 2. The fourth-order valence-electron chi connectivity index (χ4n) is 2.51. The maximum Gasteiger partial charge on any atom is 0.363 e. The molecule has 0 spiro atoms. The number of fused-ring (bicyclic) bond motifs is 1. The highest BCUT2D eigenvalue weighted by Gasteiger charge is 2.21. The number of hydrogen-bond donors (Lipinski definition) is 2. The van der Waals surface area contributed by atoms with Crippen molar-refractivity contribution in [2.75, 3.05) is 16.6 Å². The Balaban J connectivity index is 2.15. The second kappa shape index (κ2) is 6.60. The van der Waals surface area contributed by atoms with Gasteiger partial charge in [0.15, 0.2) is 5.69 Å². The van der Waals surface area contributed by atoms with Crippen LogP contribution < -0.4 is 15.7 Å². The SMILES string of the molecule is CCNc1c(NS(=O)(=O)c2ccc(C)cc2)c(=O)oc2ccccc12. The Hall–Kier alpha value is -2.80. The van der Waals surface area contributed by atoms with E-state index in [4.69, 9.17) is 4.42 Å². The average Bonchev–Trinajstić information content (AvgIpc) is 2.58. The second-order valence-corrected chi connectivity index (χ2v) is 7.27. The number of hydrogen-bond acceptors (Lipinski definition) is 5. The Labute approximate surface area is 145 Å². The van der Waals surface area contributed by atoms with E-state index in [1.807, 2.05) is 13.8 Å². The molecule has 3 rings (SSSR count). The lowest BCUT2D eigenvalue weighted by Gasteiger charge is -2.14. The Morgan fingerprint density at radius 2 is 1.68 bits per heavy atom. The molecule has 0 saturated heterocycles. The van der Waals surface area contributed by atoms with Crippen molar-refractivity contribution in [3.63, 3.8) is 0 Å². The van der Waals surface area contributed by atoms with Gasteiger partial charge < -0.3 is 9.73 Å². The second-order valence-electron chi connectivity index (χ2n) is 5.58. The third-order valence-corrected chi connectivity index (χ3v) is 5.10. The predicted molar refractivity (Wildman–Crippen MR) is 98.6 cm³/mol. The normalized spacial score (nSPS) is 11.4. The zero-order chi connectivity index (χ0) is 18.0. The molecule has 130 valence electrons. The lowest BCUT2D eigenvalue weighted by molar-refractivity contribution is 0.563. The predicted octanol–water partition coefficient (Wildman–Crippen LogP) is 3.33. The largest absolute Gasteiger partial charge is 0.421 e. The Bertz CT molecular complexity index is 1070. The summed E-state index contributed by atoms with van der Waals surface area (Å²) >= 11 is 0. The van der Waals surface area contributed by atoms with Crippen molar-refractivity contribution in [1.82, 2.24) is 0 Å². The monoisotopic (exact) mass is 358 g/mol. The van der Waals surface area contributed by atoms with Crippen molar-refractivity contribution in [1.29, 1.82) is 0 Å². The topological polar surface area (TPSA) is 88.4 Å². The Morgan fingerprint density at radius 1 is 1.00 bits per heavy atom. The molecular weight excluding hydrogens is 340 g/mol. The molecule has 1 heterocycles. The lowest BCUT2D eigenvalue weighted by atomic mass is 10.2. The van der Waals surface area contributed by atoms with Gasteiger partial charge in [-0.3, -0.25) is 4.72 Å². The first-order valence-corrected chi connectivity index (χ1v) is 9.30. The van der Waals surface area contributed by atoms with Crippen molar-refractivity contribution in [2.24, 2.45) is 0 Å². The highest BCUT2D eigenvalue weighted by atomic mass is 32.2. The maximum absolute atomic E-state index is 12.6. The lowest BCUT2D eigenvalue weighted by Crippen LogP contribution is -2.20. The summed E-state index contributed by atoms with van der Waals surface area (Å²) in [5.41, 5.74) is 0.871. The van der Waals surface area contributed by atoms with Gasteiger partial charge in [0.05, 0.1) is 10.6 Å². The van der Waals surface area contributed by atoms with Gasteiger partial charge >= 0.3 is 5.63 Å².